The normalized spacial score (nSPS) is 18.7. The number of carbonyl (C=O) groups excluding carboxylic acids is 2. The standard InChI is InChI=1S/C25H28F3N3O5S/c1-16-3-9-21(24(33)31-13-11-30(2)12-14-31)22-15-18(6-10-20(16)22)29-23(32)17-4-7-19(8-5-17)36-37(34,35)25(26,27)28/h3-5,7-9,18H,6,10-15H2,1-2H3,(H,29,32)/t18-/m1/s1. The Kier molecular flexibility index (Phi) is 7.52. The number of hydrogen-bond donors (Lipinski definition) is 1. The first-order valence-electron chi connectivity index (χ1n) is 11.9. The van der Waals surface area contributed by atoms with Crippen molar-refractivity contribution < 1.29 is 35.4 Å². The van der Waals surface area contributed by atoms with Crippen molar-refractivity contribution in [3.8, 4) is 5.75 Å². The van der Waals surface area contributed by atoms with E-state index in [4.69, 9.17) is 0 Å². The van der Waals surface area contributed by atoms with Gasteiger partial charge in [-0.2, -0.15) is 21.6 Å². The zero-order valence-electron chi connectivity index (χ0n) is 20.5. The van der Waals surface area contributed by atoms with E-state index in [1.165, 1.54) is 12.1 Å². The highest BCUT2D eigenvalue weighted by molar-refractivity contribution is 7.88. The second-order valence-corrected chi connectivity index (χ2v) is 10.9. The molecule has 2 amide bonds. The Morgan fingerprint density at radius 2 is 1.65 bits per heavy atom. The van der Waals surface area contributed by atoms with Crippen LogP contribution in [0.2, 0.25) is 0 Å². The van der Waals surface area contributed by atoms with Crippen LogP contribution in [0.15, 0.2) is 36.4 Å². The summed E-state index contributed by atoms with van der Waals surface area (Å²) in [5.41, 5.74) is -1.61. The highest BCUT2D eigenvalue weighted by Gasteiger charge is 2.48. The Hall–Kier alpha value is -3.12. The highest BCUT2D eigenvalue weighted by atomic mass is 32.2. The van der Waals surface area contributed by atoms with Crippen molar-refractivity contribution in [1.82, 2.24) is 15.1 Å². The van der Waals surface area contributed by atoms with E-state index < -0.39 is 27.3 Å². The van der Waals surface area contributed by atoms with E-state index in [1.807, 2.05) is 31.0 Å². The van der Waals surface area contributed by atoms with E-state index in [1.54, 1.807) is 0 Å². The Morgan fingerprint density at radius 3 is 2.27 bits per heavy atom. The zero-order chi connectivity index (χ0) is 27.0. The second kappa shape index (κ2) is 10.3. The molecule has 0 bridgehead atoms. The van der Waals surface area contributed by atoms with Gasteiger partial charge in [-0.3, -0.25) is 9.59 Å². The Bertz CT molecular complexity index is 1290. The van der Waals surface area contributed by atoms with Crippen molar-refractivity contribution in [1.29, 1.82) is 0 Å². The summed E-state index contributed by atoms with van der Waals surface area (Å²) in [6, 6.07) is 7.94. The fourth-order valence-corrected chi connectivity index (χ4v) is 5.13. The molecule has 0 spiro atoms. The average molecular weight is 540 g/mol. The number of carbonyl (C=O) groups is 2. The molecule has 2 aromatic carbocycles. The van der Waals surface area contributed by atoms with Gasteiger partial charge in [0.15, 0.2) is 0 Å². The van der Waals surface area contributed by atoms with Gasteiger partial charge >= 0.3 is 15.6 Å². The van der Waals surface area contributed by atoms with Crippen LogP contribution in [-0.2, 0) is 23.0 Å². The minimum absolute atomic E-state index is 0.0132. The van der Waals surface area contributed by atoms with Crippen molar-refractivity contribution in [2.45, 2.75) is 37.7 Å². The molecule has 1 saturated heterocycles. The zero-order valence-corrected chi connectivity index (χ0v) is 21.3. The molecule has 4 rings (SSSR count). The number of fused-ring (bicyclic) bond motifs is 1. The molecule has 1 aliphatic heterocycles. The lowest BCUT2D eigenvalue weighted by atomic mass is 9.82. The van der Waals surface area contributed by atoms with E-state index in [2.05, 4.69) is 14.4 Å². The molecule has 1 N–H and O–H groups in total. The maximum absolute atomic E-state index is 13.3. The van der Waals surface area contributed by atoms with E-state index in [0.29, 0.717) is 37.9 Å². The van der Waals surface area contributed by atoms with Gasteiger partial charge in [0.2, 0.25) is 0 Å². The van der Waals surface area contributed by atoms with Crippen molar-refractivity contribution in [3.63, 3.8) is 0 Å². The van der Waals surface area contributed by atoms with Crippen LogP contribution in [0.25, 0.3) is 0 Å². The molecule has 2 aromatic rings. The summed E-state index contributed by atoms with van der Waals surface area (Å²) < 4.78 is 63.9. The molecule has 2 aliphatic rings. The summed E-state index contributed by atoms with van der Waals surface area (Å²) in [7, 11) is -3.77. The van der Waals surface area contributed by atoms with E-state index in [0.717, 1.165) is 41.9 Å². The summed E-state index contributed by atoms with van der Waals surface area (Å²) in [6.07, 6.45) is 1.83. The Balaban J connectivity index is 1.45. The van der Waals surface area contributed by atoms with Gasteiger partial charge in [0, 0.05) is 43.3 Å². The first-order valence-corrected chi connectivity index (χ1v) is 13.3. The summed E-state index contributed by atoms with van der Waals surface area (Å²) >= 11 is 0. The molecule has 0 saturated carbocycles. The van der Waals surface area contributed by atoms with Crippen LogP contribution in [0.3, 0.4) is 0 Å². The van der Waals surface area contributed by atoms with Crippen LogP contribution >= 0.6 is 0 Å². The molecule has 37 heavy (non-hydrogen) atoms. The summed E-state index contributed by atoms with van der Waals surface area (Å²) in [5.74, 6) is -1.03. The highest BCUT2D eigenvalue weighted by Crippen LogP contribution is 2.30. The number of nitrogens with zero attached hydrogens (tertiary/aromatic N) is 2. The maximum atomic E-state index is 13.3. The molecular formula is C25H28F3N3O5S. The number of rotatable bonds is 5. The topological polar surface area (TPSA) is 96.0 Å². The number of nitrogens with one attached hydrogen (secondary N) is 1. The fourth-order valence-electron chi connectivity index (χ4n) is 4.67. The van der Waals surface area contributed by atoms with Crippen molar-refractivity contribution in [2.75, 3.05) is 33.2 Å². The lowest BCUT2D eigenvalue weighted by molar-refractivity contribution is -0.0500. The first kappa shape index (κ1) is 26.9. The van der Waals surface area contributed by atoms with Gasteiger partial charge in [-0.25, -0.2) is 0 Å². The third-order valence-corrected chi connectivity index (χ3v) is 7.80. The molecule has 0 unspecified atom stereocenters. The van der Waals surface area contributed by atoms with Crippen LogP contribution in [-0.4, -0.2) is 74.8 Å². The van der Waals surface area contributed by atoms with Crippen LogP contribution in [0, 0.1) is 6.92 Å². The number of benzene rings is 2. The monoisotopic (exact) mass is 539 g/mol. The lowest BCUT2D eigenvalue weighted by Gasteiger charge is -2.34. The molecular weight excluding hydrogens is 511 g/mol. The van der Waals surface area contributed by atoms with Crippen LogP contribution in [0.4, 0.5) is 13.2 Å². The van der Waals surface area contributed by atoms with Gasteiger partial charge in [-0.1, -0.05) is 6.07 Å². The van der Waals surface area contributed by atoms with Gasteiger partial charge < -0.3 is 19.3 Å². The largest absolute Gasteiger partial charge is 0.534 e. The molecule has 1 aliphatic carbocycles. The number of piperazine rings is 1. The maximum Gasteiger partial charge on any atom is 0.534 e. The van der Waals surface area contributed by atoms with E-state index in [-0.39, 0.29) is 17.5 Å². The second-order valence-electron chi connectivity index (χ2n) is 9.40. The minimum Gasteiger partial charge on any atom is -0.376 e. The molecule has 1 fully saturated rings. The number of likely N-dealkylation sites (N-methyl/N-ethyl adjacent to an activating group) is 1. The van der Waals surface area contributed by atoms with Gasteiger partial charge in [-0.15, -0.1) is 0 Å². The average Bonchev–Trinajstić information content (AvgIpc) is 2.84. The molecule has 8 nitrogen and oxygen atoms in total. The SMILES string of the molecule is Cc1ccc(C(=O)N2CCN(C)CC2)c2c1CC[C@@H](NC(=O)c1ccc(OS(=O)(=O)C(F)(F)F)cc1)C2. The Morgan fingerprint density at radius 1 is 1.00 bits per heavy atom. The van der Waals surface area contributed by atoms with Gasteiger partial charge in [-0.05, 0) is 80.3 Å². The number of alkyl halides is 3. The number of halogens is 3. The first-order chi connectivity index (χ1) is 17.4. The van der Waals surface area contributed by atoms with Crippen molar-refractivity contribution in [3.05, 3.63) is 64.2 Å². The van der Waals surface area contributed by atoms with Crippen LogP contribution in [0.5, 0.6) is 5.75 Å². The molecule has 12 heteroatoms. The summed E-state index contributed by atoms with van der Waals surface area (Å²) in [4.78, 5) is 30.2. The van der Waals surface area contributed by atoms with Crippen LogP contribution < -0.4 is 9.50 Å². The third-order valence-electron chi connectivity index (χ3n) is 6.82. The molecule has 1 atom stereocenters. The predicted octanol–water partition coefficient (Wildman–Crippen LogP) is 2.90. The molecule has 0 aromatic heterocycles. The number of aryl methyl sites for hydroxylation is 1. The third kappa shape index (κ3) is 5.90. The lowest BCUT2D eigenvalue weighted by Crippen LogP contribution is -2.47. The predicted molar refractivity (Wildman–Crippen MR) is 130 cm³/mol. The number of hydrogen-bond acceptors (Lipinski definition) is 6. The van der Waals surface area contributed by atoms with Crippen molar-refractivity contribution >= 4 is 21.9 Å². The smallest absolute Gasteiger partial charge is 0.376 e. The van der Waals surface area contributed by atoms with Crippen LogP contribution in [0.1, 0.15) is 43.8 Å². The van der Waals surface area contributed by atoms with Crippen molar-refractivity contribution in [2.24, 2.45) is 0 Å². The Labute approximate surface area is 213 Å². The number of amides is 2. The summed E-state index contributed by atoms with van der Waals surface area (Å²) in [6.45, 7) is 4.93. The summed E-state index contributed by atoms with van der Waals surface area (Å²) in [5, 5.41) is 2.93. The van der Waals surface area contributed by atoms with Gasteiger partial charge in [0.05, 0.1) is 0 Å². The minimum atomic E-state index is -5.79. The van der Waals surface area contributed by atoms with E-state index >= 15 is 0 Å². The van der Waals surface area contributed by atoms with Gasteiger partial charge in [0.1, 0.15) is 5.75 Å². The molecule has 1 heterocycles. The molecule has 200 valence electrons. The van der Waals surface area contributed by atoms with Gasteiger partial charge in [0.25, 0.3) is 11.8 Å². The molecule has 0 radical (unpaired) electrons. The quantitative estimate of drug-likeness (QED) is 0.464. The van der Waals surface area contributed by atoms with E-state index in [9.17, 15) is 31.2 Å². The fraction of sp³-hybridized carbons (Fsp3) is 0.440.